The largest absolute Gasteiger partial charge is 0.486 e. The topological polar surface area (TPSA) is 76.3 Å². The molecule has 2 aromatic rings. The number of nitrogen functional groups attached to an aromatic ring is 1. The first-order valence-electron chi connectivity index (χ1n) is 8.87. The van der Waals surface area contributed by atoms with E-state index in [-0.39, 0.29) is 6.61 Å². The van der Waals surface area contributed by atoms with Gasteiger partial charge in [-0.3, -0.25) is 0 Å². The molecule has 2 heterocycles. The fourth-order valence-corrected chi connectivity index (χ4v) is 3.61. The average molecular weight is 349 g/mol. The van der Waals surface area contributed by atoms with Crippen LogP contribution in [0.1, 0.15) is 12.2 Å². The van der Waals surface area contributed by atoms with Gasteiger partial charge >= 0.3 is 0 Å². The Morgan fingerprint density at radius 3 is 2.92 bits per heavy atom. The number of allylic oxidation sites excluding steroid dienone is 3. The van der Waals surface area contributed by atoms with E-state index in [0.29, 0.717) is 23.6 Å². The highest BCUT2D eigenvalue weighted by atomic mass is 16.5. The maximum Gasteiger partial charge on any atom is 0.170 e. The van der Waals surface area contributed by atoms with Crippen LogP contribution in [0.5, 0.6) is 5.75 Å². The molecule has 26 heavy (non-hydrogen) atoms. The summed E-state index contributed by atoms with van der Waals surface area (Å²) in [5.74, 6) is 3.12. The van der Waals surface area contributed by atoms with Crippen LogP contribution in [0, 0.1) is 5.92 Å². The molecule has 1 aromatic carbocycles. The Morgan fingerprint density at radius 1 is 1.27 bits per heavy atom. The lowest BCUT2D eigenvalue weighted by Crippen LogP contribution is -2.33. The number of nitrogens with one attached hydrogen (secondary N) is 1. The van der Waals surface area contributed by atoms with Gasteiger partial charge in [-0.2, -0.15) is 0 Å². The van der Waals surface area contributed by atoms with E-state index >= 15 is 0 Å². The number of anilines is 2. The number of hydrogen-bond donors (Lipinski definition) is 2. The molecular weight excluding hydrogens is 326 g/mol. The first-order chi connectivity index (χ1) is 12.7. The minimum Gasteiger partial charge on any atom is -0.486 e. The number of hydrogen-bond acceptors (Lipinski definition) is 6. The summed E-state index contributed by atoms with van der Waals surface area (Å²) in [7, 11) is 2.01. The zero-order chi connectivity index (χ0) is 17.9. The molecule has 1 aliphatic carbocycles. The van der Waals surface area contributed by atoms with Crippen molar-refractivity contribution in [3.63, 3.8) is 0 Å². The number of rotatable bonds is 5. The maximum absolute atomic E-state index is 6.05. The summed E-state index contributed by atoms with van der Waals surface area (Å²) in [6, 6.07) is 11.9. The van der Waals surface area contributed by atoms with Gasteiger partial charge in [-0.1, -0.05) is 30.4 Å². The minimum absolute atomic E-state index is 0.285. The van der Waals surface area contributed by atoms with Gasteiger partial charge in [-0.15, -0.1) is 0 Å². The zero-order valence-corrected chi connectivity index (χ0v) is 14.8. The molecule has 6 nitrogen and oxygen atoms in total. The zero-order valence-electron chi connectivity index (χ0n) is 14.8. The molecule has 134 valence electrons. The maximum atomic E-state index is 6.05. The molecule has 0 saturated carbocycles. The van der Waals surface area contributed by atoms with Gasteiger partial charge in [0.15, 0.2) is 5.82 Å². The Bertz CT molecular complexity index is 833. The number of ether oxygens (including phenoxy) is 1. The Kier molecular flexibility index (Phi) is 4.58. The van der Waals surface area contributed by atoms with Crippen LogP contribution < -0.4 is 20.7 Å². The van der Waals surface area contributed by atoms with E-state index in [2.05, 4.69) is 33.4 Å². The van der Waals surface area contributed by atoms with Gasteiger partial charge in [-0.05, 0) is 31.7 Å². The summed E-state index contributed by atoms with van der Waals surface area (Å²) >= 11 is 0. The second kappa shape index (κ2) is 7.17. The summed E-state index contributed by atoms with van der Waals surface area (Å²) < 4.78 is 5.78. The molecule has 0 amide bonds. The van der Waals surface area contributed by atoms with Crippen molar-refractivity contribution in [2.45, 2.75) is 19.1 Å². The molecule has 1 aliphatic heterocycles. The van der Waals surface area contributed by atoms with Gasteiger partial charge in [-0.25, -0.2) is 9.97 Å². The van der Waals surface area contributed by atoms with Crippen molar-refractivity contribution < 1.29 is 4.74 Å². The van der Waals surface area contributed by atoms with Crippen molar-refractivity contribution in [1.82, 2.24) is 15.3 Å². The monoisotopic (exact) mass is 349 g/mol. The molecule has 3 N–H and O–H groups in total. The Hall–Kier alpha value is -2.86. The molecule has 2 unspecified atom stereocenters. The molecule has 2 atom stereocenters. The Labute approximate surface area is 153 Å². The Morgan fingerprint density at radius 2 is 2.12 bits per heavy atom. The highest BCUT2D eigenvalue weighted by Crippen LogP contribution is 2.36. The van der Waals surface area contributed by atoms with Crippen LogP contribution in [-0.2, 0) is 6.61 Å². The van der Waals surface area contributed by atoms with Crippen LogP contribution in [0.15, 0.2) is 60.3 Å². The Balaban J connectivity index is 1.58. The SMILES string of the molecule is CNC1CN(c2cc(N)nc(COc3ccccc3)n2)C2=CC=CCC21. The number of para-hydroxylation sites is 1. The minimum atomic E-state index is 0.285. The van der Waals surface area contributed by atoms with Crippen LogP contribution in [0.2, 0.25) is 0 Å². The van der Waals surface area contributed by atoms with E-state index in [4.69, 9.17) is 15.5 Å². The third-order valence-corrected chi connectivity index (χ3v) is 4.89. The van der Waals surface area contributed by atoms with E-state index in [1.165, 1.54) is 5.70 Å². The van der Waals surface area contributed by atoms with Crippen LogP contribution in [-0.4, -0.2) is 29.6 Å². The molecule has 0 bridgehead atoms. The van der Waals surface area contributed by atoms with Crippen molar-refractivity contribution in [2.24, 2.45) is 5.92 Å². The van der Waals surface area contributed by atoms with E-state index < -0.39 is 0 Å². The van der Waals surface area contributed by atoms with Crippen LogP contribution in [0.25, 0.3) is 0 Å². The van der Waals surface area contributed by atoms with E-state index in [1.54, 1.807) is 0 Å². The lowest BCUT2D eigenvalue weighted by atomic mass is 9.93. The van der Waals surface area contributed by atoms with Crippen molar-refractivity contribution in [3.05, 3.63) is 66.1 Å². The van der Waals surface area contributed by atoms with Gasteiger partial charge in [0, 0.05) is 30.3 Å². The van der Waals surface area contributed by atoms with Gasteiger partial charge in [0.2, 0.25) is 0 Å². The predicted octanol–water partition coefficient (Wildman–Crippen LogP) is 2.51. The van der Waals surface area contributed by atoms with Gasteiger partial charge in [0.25, 0.3) is 0 Å². The molecule has 4 rings (SSSR count). The van der Waals surface area contributed by atoms with E-state index in [1.807, 2.05) is 43.4 Å². The van der Waals surface area contributed by atoms with Crippen molar-refractivity contribution in [1.29, 1.82) is 0 Å². The number of likely N-dealkylation sites (N-methyl/N-ethyl adjacent to an activating group) is 1. The van der Waals surface area contributed by atoms with Crippen molar-refractivity contribution in [3.8, 4) is 5.75 Å². The second-order valence-electron chi connectivity index (χ2n) is 6.54. The first-order valence-corrected chi connectivity index (χ1v) is 8.87. The summed E-state index contributed by atoms with van der Waals surface area (Å²) in [6.07, 6.45) is 7.54. The molecule has 0 spiro atoms. The smallest absolute Gasteiger partial charge is 0.170 e. The molecule has 1 fully saturated rings. The van der Waals surface area contributed by atoms with Gasteiger partial charge in [0.05, 0.1) is 0 Å². The van der Waals surface area contributed by atoms with Crippen LogP contribution in [0.3, 0.4) is 0 Å². The summed E-state index contributed by atoms with van der Waals surface area (Å²) in [5, 5.41) is 3.42. The van der Waals surface area contributed by atoms with Gasteiger partial charge in [0.1, 0.15) is 24.0 Å². The predicted molar refractivity (Wildman–Crippen MR) is 103 cm³/mol. The molecular formula is C20H23N5O. The quantitative estimate of drug-likeness (QED) is 0.864. The van der Waals surface area contributed by atoms with Crippen LogP contribution in [0.4, 0.5) is 11.6 Å². The normalized spacial score (nSPS) is 21.4. The molecule has 6 heteroatoms. The average Bonchev–Trinajstić information content (AvgIpc) is 3.06. The van der Waals surface area contributed by atoms with Gasteiger partial charge < -0.3 is 20.7 Å². The summed E-state index contributed by atoms with van der Waals surface area (Å²) in [6.45, 7) is 1.15. The standard InChI is InChI=1S/C20H23N5O/c1-22-16-12-25(17-10-6-5-9-15(16)17)20-11-18(21)23-19(24-20)13-26-14-7-3-2-4-8-14/h2-8,10-11,15-16,22H,9,12-13H2,1H3,(H2,21,23,24). The second-order valence-corrected chi connectivity index (χ2v) is 6.54. The highest BCUT2D eigenvalue weighted by molar-refractivity contribution is 5.56. The molecule has 1 saturated heterocycles. The van der Waals surface area contributed by atoms with Crippen LogP contribution >= 0.6 is 0 Å². The lowest BCUT2D eigenvalue weighted by Gasteiger charge is -2.23. The summed E-state index contributed by atoms with van der Waals surface area (Å²) in [5.41, 5.74) is 7.33. The van der Waals surface area contributed by atoms with Crippen molar-refractivity contribution >= 4 is 11.6 Å². The number of nitrogens with zero attached hydrogens (tertiary/aromatic N) is 3. The molecule has 2 aliphatic rings. The molecule has 1 aromatic heterocycles. The van der Waals surface area contributed by atoms with E-state index in [0.717, 1.165) is 24.5 Å². The fraction of sp³-hybridized carbons (Fsp3) is 0.300. The fourth-order valence-electron chi connectivity index (χ4n) is 3.61. The summed E-state index contributed by atoms with van der Waals surface area (Å²) in [4.78, 5) is 11.3. The lowest BCUT2D eigenvalue weighted by molar-refractivity contribution is 0.296. The number of fused-ring (bicyclic) bond motifs is 1. The van der Waals surface area contributed by atoms with Crippen molar-refractivity contribution in [2.75, 3.05) is 24.2 Å². The third-order valence-electron chi connectivity index (χ3n) is 4.89. The number of benzene rings is 1. The number of nitrogens with two attached hydrogens (primary N) is 1. The van der Waals surface area contributed by atoms with E-state index in [9.17, 15) is 0 Å². The highest BCUT2D eigenvalue weighted by Gasteiger charge is 2.37. The number of aromatic nitrogens is 2. The first kappa shape index (κ1) is 16.6. The molecule has 0 radical (unpaired) electrons. The third kappa shape index (κ3) is 3.28.